The first-order valence-electron chi connectivity index (χ1n) is 4.80. The van der Waals surface area contributed by atoms with Crippen molar-refractivity contribution in [3.8, 4) is 0 Å². The van der Waals surface area contributed by atoms with E-state index < -0.39 is 0 Å². The van der Waals surface area contributed by atoms with E-state index in [0.29, 0.717) is 6.17 Å². The van der Waals surface area contributed by atoms with Crippen LogP contribution >= 0.6 is 0 Å². The second kappa shape index (κ2) is 3.24. The monoisotopic (exact) mass is 177 g/mol. The van der Waals surface area contributed by atoms with Gasteiger partial charge in [-0.15, -0.1) is 0 Å². The molecule has 1 atom stereocenters. The van der Waals surface area contributed by atoms with Gasteiger partial charge in [-0.25, -0.2) is 4.98 Å². The molecular formula is C10H15N3. The molecule has 2 heterocycles. The van der Waals surface area contributed by atoms with Crippen molar-refractivity contribution in [2.75, 3.05) is 10.6 Å². The van der Waals surface area contributed by atoms with Crippen LogP contribution in [0.25, 0.3) is 0 Å². The molecule has 0 bridgehead atoms. The number of hydrogen-bond donors (Lipinski definition) is 2. The molecule has 1 aliphatic rings. The van der Waals surface area contributed by atoms with E-state index in [4.69, 9.17) is 0 Å². The summed E-state index contributed by atoms with van der Waals surface area (Å²) in [7, 11) is 0. The Bertz CT molecular complexity index is 309. The minimum atomic E-state index is 0.369. The number of aryl methyl sites for hydroxylation is 1. The summed E-state index contributed by atoms with van der Waals surface area (Å²) in [5, 5.41) is 6.78. The first kappa shape index (κ1) is 8.35. The summed E-state index contributed by atoms with van der Waals surface area (Å²) in [6.45, 7) is 4.29. The molecule has 1 unspecified atom stereocenters. The molecule has 70 valence electrons. The van der Waals surface area contributed by atoms with Crippen LogP contribution in [-0.4, -0.2) is 11.1 Å². The Labute approximate surface area is 78.6 Å². The SMILES string of the molecule is CCCC1Nc2nccc(C)c2N1. The largest absolute Gasteiger partial charge is 0.362 e. The van der Waals surface area contributed by atoms with E-state index in [1.807, 2.05) is 12.3 Å². The van der Waals surface area contributed by atoms with Crippen molar-refractivity contribution in [2.45, 2.75) is 32.9 Å². The highest BCUT2D eigenvalue weighted by Gasteiger charge is 2.20. The fourth-order valence-corrected chi connectivity index (χ4v) is 1.66. The predicted octanol–water partition coefficient (Wildman–Crippen LogP) is 2.35. The lowest BCUT2D eigenvalue weighted by molar-refractivity contribution is 0.715. The fraction of sp³-hybridized carbons (Fsp3) is 0.500. The number of nitrogens with one attached hydrogen (secondary N) is 2. The number of nitrogens with zero attached hydrogens (tertiary/aromatic N) is 1. The molecule has 0 amide bonds. The van der Waals surface area contributed by atoms with Gasteiger partial charge in [0.25, 0.3) is 0 Å². The molecule has 2 N–H and O–H groups in total. The number of aromatic nitrogens is 1. The summed E-state index contributed by atoms with van der Waals surface area (Å²) < 4.78 is 0. The van der Waals surface area contributed by atoms with E-state index in [-0.39, 0.29) is 0 Å². The van der Waals surface area contributed by atoms with Crippen LogP contribution in [0, 0.1) is 6.92 Å². The highest BCUT2D eigenvalue weighted by atomic mass is 15.2. The van der Waals surface area contributed by atoms with Gasteiger partial charge in [-0.3, -0.25) is 0 Å². The van der Waals surface area contributed by atoms with E-state index in [9.17, 15) is 0 Å². The number of hydrogen-bond acceptors (Lipinski definition) is 3. The first-order valence-corrected chi connectivity index (χ1v) is 4.80. The van der Waals surface area contributed by atoms with Gasteiger partial charge in [0.05, 0.1) is 11.9 Å². The van der Waals surface area contributed by atoms with E-state index in [0.717, 1.165) is 12.2 Å². The molecule has 3 heteroatoms. The summed E-state index contributed by atoms with van der Waals surface area (Å²) in [6, 6.07) is 2.03. The molecule has 0 saturated carbocycles. The number of fused-ring (bicyclic) bond motifs is 1. The number of anilines is 2. The summed E-state index contributed by atoms with van der Waals surface area (Å²) in [6.07, 6.45) is 4.53. The molecule has 0 radical (unpaired) electrons. The molecule has 3 nitrogen and oxygen atoms in total. The lowest BCUT2D eigenvalue weighted by Crippen LogP contribution is -2.21. The summed E-state index contributed by atoms with van der Waals surface area (Å²) >= 11 is 0. The van der Waals surface area contributed by atoms with Crippen molar-refractivity contribution in [3.63, 3.8) is 0 Å². The number of pyridine rings is 1. The van der Waals surface area contributed by atoms with Gasteiger partial charge < -0.3 is 10.6 Å². The third-order valence-electron chi connectivity index (χ3n) is 2.37. The average Bonchev–Trinajstić information content (AvgIpc) is 2.49. The van der Waals surface area contributed by atoms with E-state index in [1.54, 1.807) is 0 Å². The maximum Gasteiger partial charge on any atom is 0.151 e. The molecule has 0 aromatic carbocycles. The quantitative estimate of drug-likeness (QED) is 0.728. The van der Waals surface area contributed by atoms with Gasteiger partial charge in [-0.05, 0) is 25.0 Å². The minimum Gasteiger partial charge on any atom is -0.362 e. The standard InChI is InChI=1S/C10H15N3/c1-3-4-8-12-9-7(2)5-6-11-10(9)13-8/h5-6,8,12H,3-4H2,1-2H3,(H,11,13). The van der Waals surface area contributed by atoms with E-state index in [1.165, 1.54) is 17.7 Å². The molecule has 1 aromatic rings. The van der Waals surface area contributed by atoms with Crippen LogP contribution < -0.4 is 10.6 Å². The van der Waals surface area contributed by atoms with Crippen LogP contribution in [0.3, 0.4) is 0 Å². The van der Waals surface area contributed by atoms with Gasteiger partial charge in [-0.1, -0.05) is 13.3 Å². The second-order valence-electron chi connectivity index (χ2n) is 3.48. The Morgan fingerprint density at radius 2 is 2.31 bits per heavy atom. The van der Waals surface area contributed by atoms with Gasteiger partial charge in [0.2, 0.25) is 0 Å². The molecule has 1 aliphatic heterocycles. The Balaban J connectivity index is 2.20. The third kappa shape index (κ3) is 1.46. The maximum absolute atomic E-state index is 4.28. The molecule has 2 rings (SSSR count). The van der Waals surface area contributed by atoms with Crippen LogP contribution in [-0.2, 0) is 0 Å². The topological polar surface area (TPSA) is 37.0 Å². The highest BCUT2D eigenvalue weighted by molar-refractivity contribution is 5.73. The zero-order chi connectivity index (χ0) is 9.26. The predicted molar refractivity (Wildman–Crippen MR) is 54.9 cm³/mol. The van der Waals surface area contributed by atoms with Gasteiger partial charge in [-0.2, -0.15) is 0 Å². The van der Waals surface area contributed by atoms with Crippen LogP contribution in [0.1, 0.15) is 25.3 Å². The van der Waals surface area contributed by atoms with Crippen LogP contribution in [0.15, 0.2) is 12.3 Å². The van der Waals surface area contributed by atoms with Crippen LogP contribution in [0.4, 0.5) is 11.5 Å². The lowest BCUT2D eigenvalue weighted by atomic mass is 10.2. The second-order valence-corrected chi connectivity index (χ2v) is 3.48. The molecule has 0 saturated heterocycles. The Morgan fingerprint density at radius 3 is 3.00 bits per heavy atom. The molecule has 0 aliphatic carbocycles. The van der Waals surface area contributed by atoms with Crippen molar-refractivity contribution < 1.29 is 0 Å². The lowest BCUT2D eigenvalue weighted by Gasteiger charge is -2.09. The molecule has 0 spiro atoms. The van der Waals surface area contributed by atoms with Gasteiger partial charge in [0, 0.05) is 6.20 Å². The Morgan fingerprint density at radius 1 is 1.46 bits per heavy atom. The Hall–Kier alpha value is -1.25. The van der Waals surface area contributed by atoms with E-state index >= 15 is 0 Å². The summed E-state index contributed by atoms with van der Waals surface area (Å²) in [4.78, 5) is 4.28. The van der Waals surface area contributed by atoms with E-state index in [2.05, 4.69) is 29.5 Å². The van der Waals surface area contributed by atoms with Crippen LogP contribution in [0.5, 0.6) is 0 Å². The Kier molecular flexibility index (Phi) is 2.08. The van der Waals surface area contributed by atoms with Gasteiger partial charge in [0.15, 0.2) is 5.82 Å². The molecular weight excluding hydrogens is 162 g/mol. The first-order chi connectivity index (χ1) is 6.31. The van der Waals surface area contributed by atoms with Crippen LogP contribution in [0.2, 0.25) is 0 Å². The molecule has 0 fully saturated rings. The van der Waals surface area contributed by atoms with Crippen molar-refractivity contribution in [1.29, 1.82) is 0 Å². The van der Waals surface area contributed by atoms with Crippen molar-refractivity contribution in [2.24, 2.45) is 0 Å². The fourth-order valence-electron chi connectivity index (χ4n) is 1.66. The normalized spacial score (nSPS) is 19.1. The van der Waals surface area contributed by atoms with Crippen molar-refractivity contribution in [1.82, 2.24) is 4.98 Å². The highest BCUT2D eigenvalue weighted by Crippen LogP contribution is 2.30. The minimum absolute atomic E-state index is 0.369. The zero-order valence-electron chi connectivity index (χ0n) is 8.09. The summed E-state index contributed by atoms with van der Waals surface area (Å²) in [5.41, 5.74) is 2.43. The zero-order valence-corrected chi connectivity index (χ0v) is 8.09. The average molecular weight is 177 g/mol. The summed E-state index contributed by atoms with van der Waals surface area (Å²) in [5.74, 6) is 0.999. The molecule has 13 heavy (non-hydrogen) atoms. The van der Waals surface area contributed by atoms with Gasteiger partial charge >= 0.3 is 0 Å². The number of rotatable bonds is 2. The maximum atomic E-state index is 4.28. The van der Waals surface area contributed by atoms with Crippen molar-refractivity contribution in [3.05, 3.63) is 17.8 Å². The third-order valence-corrected chi connectivity index (χ3v) is 2.37. The smallest absolute Gasteiger partial charge is 0.151 e. The van der Waals surface area contributed by atoms with Gasteiger partial charge in [0.1, 0.15) is 0 Å². The molecule has 1 aromatic heterocycles. The van der Waals surface area contributed by atoms with Crippen molar-refractivity contribution >= 4 is 11.5 Å².